The minimum Gasteiger partial charge on any atom is -0.480 e. The van der Waals surface area contributed by atoms with Gasteiger partial charge in [0.2, 0.25) is 0 Å². The fraction of sp³-hybridized carbons (Fsp3) is 0.300. The van der Waals surface area contributed by atoms with Crippen LogP contribution < -0.4 is 9.64 Å². The predicted molar refractivity (Wildman–Crippen MR) is 59.6 cm³/mol. The highest BCUT2D eigenvalue weighted by molar-refractivity contribution is 6.33. The Balaban J connectivity index is 2.60. The molecule has 6 heteroatoms. The number of nitrogens with zero attached hydrogens (tertiary/aromatic N) is 2. The molecular weight excluding hydrogens is 232 g/mol. The largest absolute Gasteiger partial charge is 0.480 e. The van der Waals surface area contributed by atoms with Crippen molar-refractivity contribution in [3.8, 4) is 5.75 Å². The number of halogens is 1. The number of benzene rings is 1. The summed E-state index contributed by atoms with van der Waals surface area (Å²) in [6, 6.07) is 3.09. The molecule has 1 aromatic carbocycles. The van der Waals surface area contributed by atoms with Gasteiger partial charge in [-0.25, -0.2) is 0 Å². The molecule has 0 spiro atoms. The van der Waals surface area contributed by atoms with Crippen LogP contribution in [0.4, 0.5) is 11.4 Å². The van der Waals surface area contributed by atoms with Crippen LogP contribution in [0.15, 0.2) is 12.1 Å². The first-order valence-corrected chi connectivity index (χ1v) is 5.02. The third-order valence-corrected chi connectivity index (χ3v) is 2.73. The molecule has 0 aliphatic carbocycles. The van der Waals surface area contributed by atoms with E-state index in [0.29, 0.717) is 26.9 Å². The molecule has 1 heterocycles. The Morgan fingerprint density at radius 2 is 2.19 bits per heavy atom. The first kappa shape index (κ1) is 10.9. The fourth-order valence-electron chi connectivity index (χ4n) is 1.50. The Morgan fingerprint density at radius 3 is 2.81 bits per heavy atom. The number of carbonyl (C=O) groups is 1. The van der Waals surface area contributed by atoms with E-state index in [2.05, 4.69) is 0 Å². The quantitative estimate of drug-likeness (QED) is 0.704. The Hall–Kier alpha value is -1.62. The predicted octanol–water partition coefficient (Wildman–Crippen LogP) is 1.74. The number of anilines is 1. The van der Waals surface area contributed by atoms with Crippen molar-refractivity contribution >= 4 is 28.9 Å². The second-order valence-electron chi connectivity index (χ2n) is 3.51. The standard InChI is InChI=1S/C10H10ClN2O3/c1-12-8-4-6(13(2)15)3-7(11)10(8)16-5-9(12)14/h3-4H,5H2,1-2H3/q+1. The molecule has 1 aliphatic heterocycles. The van der Waals surface area contributed by atoms with Crippen molar-refractivity contribution in [2.45, 2.75) is 0 Å². The molecule has 2 rings (SSSR count). The smallest absolute Gasteiger partial charge is 0.264 e. The summed E-state index contributed by atoms with van der Waals surface area (Å²) in [4.78, 5) is 24.0. The van der Waals surface area contributed by atoms with E-state index in [1.807, 2.05) is 0 Å². The van der Waals surface area contributed by atoms with Crippen molar-refractivity contribution in [3.63, 3.8) is 0 Å². The second kappa shape index (κ2) is 3.75. The summed E-state index contributed by atoms with van der Waals surface area (Å²) in [5, 5.41) is 0.328. The number of hydrogen-bond donors (Lipinski definition) is 0. The van der Waals surface area contributed by atoms with E-state index in [1.165, 1.54) is 18.0 Å². The van der Waals surface area contributed by atoms with Gasteiger partial charge in [0.25, 0.3) is 11.6 Å². The zero-order valence-electron chi connectivity index (χ0n) is 8.86. The van der Waals surface area contributed by atoms with E-state index in [-0.39, 0.29) is 12.5 Å². The topological polar surface area (TPSA) is 49.6 Å². The summed E-state index contributed by atoms with van der Waals surface area (Å²) in [5.41, 5.74) is 0.898. The van der Waals surface area contributed by atoms with Gasteiger partial charge in [-0.1, -0.05) is 11.6 Å². The molecule has 0 radical (unpaired) electrons. The normalized spacial score (nSPS) is 14.4. The molecule has 0 saturated carbocycles. The van der Waals surface area contributed by atoms with Crippen LogP contribution in [-0.2, 0) is 4.79 Å². The monoisotopic (exact) mass is 241 g/mol. The minimum atomic E-state index is -0.172. The van der Waals surface area contributed by atoms with E-state index >= 15 is 0 Å². The number of rotatable bonds is 1. The Kier molecular flexibility index (Phi) is 2.55. The van der Waals surface area contributed by atoms with Crippen molar-refractivity contribution in [3.05, 3.63) is 22.1 Å². The van der Waals surface area contributed by atoms with Crippen molar-refractivity contribution in [1.82, 2.24) is 0 Å². The van der Waals surface area contributed by atoms with E-state index in [4.69, 9.17) is 16.3 Å². The molecular formula is C10H10ClN2O3+. The Morgan fingerprint density at radius 1 is 1.50 bits per heavy atom. The zero-order valence-corrected chi connectivity index (χ0v) is 9.61. The summed E-state index contributed by atoms with van der Waals surface area (Å²) in [6.45, 7) is -0.0320. The molecule has 0 atom stereocenters. The molecule has 1 aliphatic rings. The maximum absolute atomic E-state index is 11.4. The van der Waals surface area contributed by atoms with Gasteiger partial charge in [-0.3, -0.25) is 4.79 Å². The van der Waals surface area contributed by atoms with Crippen LogP contribution in [0.1, 0.15) is 0 Å². The second-order valence-corrected chi connectivity index (χ2v) is 3.92. The molecule has 0 fully saturated rings. The van der Waals surface area contributed by atoms with Gasteiger partial charge in [0.05, 0.1) is 10.7 Å². The summed E-state index contributed by atoms with van der Waals surface area (Å²) in [7, 11) is 2.98. The van der Waals surface area contributed by atoms with Crippen LogP contribution >= 0.6 is 11.6 Å². The molecule has 0 unspecified atom stereocenters. The highest BCUT2D eigenvalue weighted by atomic mass is 35.5. The maximum atomic E-state index is 11.4. The van der Waals surface area contributed by atoms with Crippen molar-refractivity contribution < 1.29 is 14.3 Å². The molecule has 0 N–H and O–H groups in total. The summed E-state index contributed by atoms with van der Waals surface area (Å²) < 4.78 is 5.91. The number of fused-ring (bicyclic) bond motifs is 1. The average Bonchev–Trinajstić information content (AvgIpc) is 2.23. The van der Waals surface area contributed by atoms with Gasteiger partial charge in [-0.05, 0) is 0 Å². The van der Waals surface area contributed by atoms with Gasteiger partial charge in [0.15, 0.2) is 19.4 Å². The lowest BCUT2D eigenvalue weighted by molar-refractivity contribution is -0.428. The Labute approximate surface area is 97.1 Å². The average molecular weight is 242 g/mol. The molecule has 16 heavy (non-hydrogen) atoms. The van der Waals surface area contributed by atoms with Crippen LogP contribution in [0.3, 0.4) is 0 Å². The van der Waals surface area contributed by atoms with Gasteiger partial charge in [0, 0.05) is 28.8 Å². The molecule has 0 aromatic heterocycles. The van der Waals surface area contributed by atoms with Crippen molar-refractivity contribution in [1.29, 1.82) is 0 Å². The highest BCUT2D eigenvalue weighted by Crippen LogP contribution is 2.40. The van der Waals surface area contributed by atoms with E-state index in [9.17, 15) is 9.70 Å². The lowest BCUT2D eigenvalue weighted by atomic mass is 10.2. The van der Waals surface area contributed by atoms with Crippen LogP contribution in [-0.4, -0.2) is 31.4 Å². The van der Waals surface area contributed by atoms with Crippen LogP contribution in [0.25, 0.3) is 0 Å². The third kappa shape index (κ3) is 1.63. The highest BCUT2D eigenvalue weighted by Gasteiger charge is 2.27. The fourth-order valence-corrected chi connectivity index (χ4v) is 1.77. The summed E-state index contributed by atoms with van der Waals surface area (Å²) in [6.07, 6.45) is 0. The number of likely N-dealkylation sites (N-methyl/N-ethyl adjacent to an activating group) is 1. The number of ether oxygens (including phenoxy) is 1. The third-order valence-electron chi connectivity index (χ3n) is 2.45. The van der Waals surface area contributed by atoms with Crippen molar-refractivity contribution in [2.75, 3.05) is 25.6 Å². The minimum absolute atomic E-state index is 0.0320. The molecule has 1 aromatic rings. The Bertz CT molecular complexity index is 487. The summed E-state index contributed by atoms with van der Waals surface area (Å²) in [5.74, 6) is 0.267. The van der Waals surface area contributed by atoms with Crippen LogP contribution in [0, 0.1) is 4.91 Å². The molecule has 5 nitrogen and oxygen atoms in total. The lowest BCUT2D eigenvalue weighted by Gasteiger charge is -2.26. The molecule has 0 bridgehead atoms. The van der Waals surface area contributed by atoms with Crippen LogP contribution in [0.2, 0.25) is 5.02 Å². The van der Waals surface area contributed by atoms with Crippen LogP contribution in [0.5, 0.6) is 5.75 Å². The molecule has 0 saturated heterocycles. The SMILES string of the molecule is CN1C(=O)COc2c(Cl)cc([N+](C)=O)cc21. The van der Waals surface area contributed by atoms with E-state index in [1.54, 1.807) is 13.1 Å². The number of carbonyl (C=O) groups excluding carboxylic acids is 1. The van der Waals surface area contributed by atoms with Gasteiger partial charge < -0.3 is 9.64 Å². The zero-order chi connectivity index (χ0) is 11.9. The van der Waals surface area contributed by atoms with E-state index in [0.717, 1.165) is 0 Å². The van der Waals surface area contributed by atoms with Gasteiger partial charge in [-0.15, -0.1) is 0 Å². The van der Waals surface area contributed by atoms with Gasteiger partial charge >= 0.3 is 0 Å². The number of hydrogen-bond acceptors (Lipinski definition) is 3. The molecule has 84 valence electrons. The van der Waals surface area contributed by atoms with Gasteiger partial charge in [-0.2, -0.15) is 0 Å². The summed E-state index contributed by atoms with van der Waals surface area (Å²) >= 11 is 5.98. The van der Waals surface area contributed by atoms with Gasteiger partial charge in [0.1, 0.15) is 0 Å². The van der Waals surface area contributed by atoms with Crippen molar-refractivity contribution in [2.24, 2.45) is 0 Å². The first-order chi connectivity index (χ1) is 7.50. The van der Waals surface area contributed by atoms with E-state index < -0.39 is 0 Å². The number of amides is 1. The number of nitroso groups, excluding NO2 is 1. The lowest BCUT2D eigenvalue weighted by Crippen LogP contribution is -2.35. The maximum Gasteiger partial charge on any atom is 0.264 e. The molecule has 1 amide bonds. The first-order valence-electron chi connectivity index (χ1n) is 4.64.